The molecule has 0 amide bonds. The van der Waals surface area contributed by atoms with Crippen LogP contribution in [0.2, 0.25) is 0 Å². The molecule has 2 rings (SSSR count). The maximum Gasteiger partial charge on any atom is 0.305 e. The van der Waals surface area contributed by atoms with Gasteiger partial charge in [-0.1, -0.05) is 36.4 Å². The van der Waals surface area contributed by atoms with Crippen molar-refractivity contribution in [3.8, 4) is 5.75 Å². The highest BCUT2D eigenvalue weighted by atomic mass is 16.5. The third kappa shape index (κ3) is 3.50. The zero-order valence-corrected chi connectivity index (χ0v) is 11.8. The first kappa shape index (κ1) is 14.4. The lowest BCUT2D eigenvalue weighted by atomic mass is 10.0. The Hall–Kier alpha value is -2.03. The van der Waals surface area contributed by atoms with Gasteiger partial charge in [-0.15, -0.1) is 0 Å². The average Bonchev–Trinajstić information content (AvgIpc) is 2.46. The minimum Gasteiger partial charge on any atom is -0.507 e. The van der Waals surface area contributed by atoms with Crippen LogP contribution in [0.25, 0.3) is 10.8 Å². The molecule has 0 aliphatic heterocycles. The number of phenols is 1. The normalized spacial score (nSPS) is 10.7. The summed E-state index contributed by atoms with van der Waals surface area (Å²) in [5.74, 6) is 0.217. The van der Waals surface area contributed by atoms with Crippen LogP contribution in [-0.2, 0) is 16.0 Å². The Morgan fingerprint density at radius 1 is 1.15 bits per heavy atom. The van der Waals surface area contributed by atoms with Crippen molar-refractivity contribution in [3.05, 3.63) is 42.0 Å². The van der Waals surface area contributed by atoms with Gasteiger partial charge in [-0.25, -0.2) is 0 Å². The predicted octanol–water partition coefficient (Wildman–Crippen LogP) is 3.82. The minimum absolute atomic E-state index is 0.143. The quantitative estimate of drug-likeness (QED) is 0.642. The van der Waals surface area contributed by atoms with Crippen LogP contribution in [0.1, 0.15) is 31.7 Å². The van der Waals surface area contributed by atoms with Gasteiger partial charge in [0.25, 0.3) is 0 Å². The molecule has 0 saturated carbocycles. The molecule has 2 aromatic rings. The Balaban J connectivity index is 1.93. The van der Waals surface area contributed by atoms with Crippen LogP contribution >= 0.6 is 0 Å². The van der Waals surface area contributed by atoms with E-state index in [1.54, 1.807) is 0 Å². The van der Waals surface area contributed by atoms with Crippen molar-refractivity contribution in [2.24, 2.45) is 0 Å². The molecular formula is C17H20O3. The highest BCUT2D eigenvalue weighted by Crippen LogP contribution is 2.29. The van der Waals surface area contributed by atoms with Gasteiger partial charge in [0.2, 0.25) is 0 Å². The third-order valence-corrected chi connectivity index (χ3v) is 3.37. The summed E-state index contributed by atoms with van der Waals surface area (Å²) in [6.45, 7) is 2.25. The molecule has 0 fully saturated rings. The number of ether oxygens (including phenoxy) is 1. The molecule has 0 radical (unpaired) electrons. The molecular weight excluding hydrogens is 252 g/mol. The van der Waals surface area contributed by atoms with E-state index in [4.69, 9.17) is 4.74 Å². The standard InChI is InChI=1S/C17H20O3/c1-2-20-16(18)10-6-4-8-14-12-11-13-7-3-5-9-15(13)17(14)19/h3,5,7,9,11-12,19H,2,4,6,8,10H2,1H3. The largest absolute Gasteiger partial charge is 0.507 e. The SMILES string of the molecule is CCOC(=O)CCCCc1ccc2ccccc2c1O. The molecule has 0 atom stereocenters. The van der Waals surface area contributed by atoms with Gasteiger partial charge in [-0.2, -0.15) is 0 Å². The van der Waals surface area contributed by atoms with Crippen LogP contribution < -0.4 is 0 Å². The van der Waals surface area contributed by atoms with Gasteiger partial charge >= 0.3 is 5.97 Å². The summed E-state index contributed by atoms with van der Waals surface area (Å²) in [4.78, 5) is 11.2. The lowest BCUT2D eigenvalue weighted by Crippen LogP contribution is -2.03. The molecule has 0 bridgehead atoms. The van der Waals surface area contributed by atoms with Gasteiger partial charge in [0.05, 0.1) is 6.61 Å². The molecule has 2 aromatic carbocycles. The summed E-state index contributed by atoms with van der Waals surface area (Å²) in [6.07, 6.45) is 2.87. The second-order valence-electron chi connectivity index (χ2n) is 4.81. The number of phenolic OH excluding ortho intramolecular Hbond substituents is 1. The van der Waals surface area contributed by atoms with E-state index < -0.39 is 0 Å². The van der Waals surface area contributed by atoms with Gasteiger partial charge < -0.3 is 9.84 Å². The lowest BCUT2D eigenvalue weighted by Gasteiger charge is -2.08. The van der Waals surface area contributed by atoms with Gasteiger partial charge in [0.15, 0.2) is 0 Å². The van der Waals surface area contributed by atoms with Crippen LogP contribution in [0.15, 0.2) is 36.4 Å². The monoisotopic (exact) mass is 272 g/mol. The molecule has 3 nitrogen and oxygen atoms in total. The predicted molar refractivity (Wildman–Crippen MR) is 79.8 cm³/mol. The Morgan fingerprint density at radius 2 is 1.95 bits per heavy atom. The van der Waals surface area contributed by atoms with Crippen molar-refractivity contribution in [1.82, 2.24) is 0 Å². The van der Waals surface area contributed by atoms with Crippen molar-refractivity contribution < 1.29 is 14.6 Å². The summed E-state index contributed by atoms with van der Waals surface area (Å²) in [5.41, 5.74) is 0.938. The molecule has 0 saturated heterocycles. The summed E-state index contributed by atoms with van der Waals surface area (Å²) in [6, 6.07) is 11.8. The molecule has 0 heterocycles. The molecule has 0 aliphatic rings. The summed E-state index contributed by atoms with van der Waals surface area (Å²) in [7, 11) is 0. The number of benzene rings is 2. The van der Waals surface area contributed by atoms with E-state index >= 15 is 0 Å². The number of fused-ring (bicyclic) bond motifs is 1. The third-order valence-electron chi connectivity index (χ3n) is 3.37. The van der Waals surface area contributed by atoms with Crippen molar-refractivity contribution in [3.63, 3.8) is 0 Å². The number of hydrogen-bond acceptors (Lipinski definition) is 3. The number of hydrogen-bond donors (Lipinski definition) is 1. The van der Waals surface area contributed by atoms with Crippen LogP contribution in [0.4, 0.5) is 0 Å². The van der Waals surface area contributed by atoms with Crippen molar-refractivity contribution in [1.29, 1.82) is 0 Å². The first-order valence-electron chi connectivity index (χ1n) is 7.07. The maximum absolute atomic E-state index is 11.2. The highest BCUT2D eigenvalue weighted by molar-refractivity contribution is 5.89. The molecule has 0 aliphatic carbocycles. The van der Waals surface area contributed by atoms with Crippen LogP contribution in [0.3, 0.4) is 0 Å². The van der Waals surface area contributed by atoms with E-state index in [9.17, 15) is 9.90 Å². The molecule has 1 N–H and O–H groups in total. The van der Waals surface area contributed by atoms with Gasteiger partial charge in [0.1, 0.15) is 5.75 Å². The van der Waals surface area contributed by atoms with E-state index in [0.717, 1.165) is 35.6 Å². The van der Waals surface area contributed by atoms with E-state index in [1.165, 1.54) is 0 Å². The minimum atomic E-state index is -0.143. The summed E-state index contributed by atoms with van der Waals surface area (Å²) in [5, 5.41) is 12.2. The number of esters is 1. The van der Waals surface area contributed by atoms with Crippen molar-refractivity contribution in [2.75, 3.05) is 6.61 Å². The molecule has 3 heteroatoms. The molecule has 0 unspecified atom stereocenters. The molecule has 106 valence electrons. The van der Waals surface area contributed by atoms with Gasteiger partial charge in [-0.3, -0.25) is 4.79 Å². The fourth-order valence-electron chi connectivity index (χ4n) is 2.32. The fraction of sp³-hybridized carbons (Fsp3) is 0.353. The molecule has 0 spiro atoms. The number of rotatable bonds is 6. The molecule has 0 aromatic heterocycles. The second-order valence-corrected chi connectivity index (χ2v) is 4.81. The Morgan fingerprint density at radius 3 is 2.75 bits per heavy atom. The zero-order chi connectivity index (χ0) is 14.4. The number of carbonyl (C=O) groups is 1. The summed E-state index contributed by atoms with van der Waals surface area (Å²) < 4.78 is 4.89. The van der Waals surface area contributed by atoms with Gasteiger partial charge in [-0.05, 0) is 37.1 Å². The zero-order valence-electron chi connectivity index (χ0n) is 11.8. The topological polar surface area (TPSA) is 46.5 Å². The Kier molecular flexibility index (Phi) is 4.99. The number of carbonyl (C=O) groups excluding carboxylic acids is 1. The van der Waals surface area contributed by atoms with E-state index in [1.807, 2.05) is 43.3 Å². The first-order valence-corrected chi connectivity index (χ1v) is 7.07. The number of aromatic hydroxyl groups is 1. The van der Waals surface area contributed by atoms with Crippen LogP contribution in [0.5, 0.6) is 5.75 Å². The van der Waals surface area contributed by atoms with E-state index in [0.29, 0.717) is 18.8 Å². The number of aryl methyl sites for hydroxylation is 1. The smallest absolute Gasteiger partial charge is 0.305 e. The Bertz CT molecular complexity index is 590. The molecule has 20 heavy (non-hydrogen) atoms. The van der Waals surface area contributed by atoms with E-state index in [2.05, 4.69) is 0 Å². The van der Waals surface area contributed by atoms with Gasteiger partial charge in [0, 0.05) is 11.8 Å². The highest BCUT2D eigenvalue weighted by Gasteiger charge is 2.07. The fourth-order valence-corrected chi connectivity index (χ4v) is 2.32. The number of unbranched alkanes of at least 4 members (excludes halogenated alkanes) is 1. The van der Waals surface area contributed by atoms with Crippen LogP contribution in [-0.4, -0.2) is 17.7 Å². The maximum atomic E-state index is 11.2. The van der Waals surface area contributed by atoms with Crippen molar-refractivity contribution in [2.45, 2.75) is 32.6 Å². The summed E-state index contributed by atoms with van der Waals surface area (Å²) >= 11 is 0. The van der Waals surface area contributed by atoms with Crippen molar-refractivity contribution >= 4 is 16.7 Å². The second kappa shape index (κ2) is 6.94. The van der Waals surface area contributed by atoms with E-state index in [-0.39, 0.29) is 5.97 Å². The average molecular weight is 272 g/mol. The lowest BCUT2D eigenvalue weighted by molar-refractivity contribution is -0.143. The first-order chi connectivity index (χ1) is 9.72. The Labute approximate surface area is 119 Å². The van der Waals surface area contributed by atoms with Crippen LogP contribution in [0, 0.1) is 0 Å².